The van der Waals surface area contributed by atoms with Gasteiger partial charge in [-0.05, 0) is 33.5 Å². The molecule has 1 aromatic carbocycles. The van der Waals surface area contributed by atoms with E-state index in [2.05, 4.69) is 29.4 Å². The van der Waals surface area contributed by atoms with Crippen molar-refractivity contribution in [1.29, 1.82) is 0 Å². The maximum absolute atomic E-state index is 12.3. The van der Waals surface area contributed by atoms with E-state index in [1.807, 2.05) is 38.1 Å². The second-order valence-corrected chi connectivity index (χ2v) is 6.51. The molecule has 1 heterocycles. The molecule has 2 rings (SSSR count). The monoisotopic (exact) mass is 303 g/mol. The molecule has 0 fully saturated rings. The molecule has 2 aromatic rings. The second-order valence-electron chi connectivity index (χ2n) is 5.43. The lowest BCUT2D eigenvalue weighted by Gasteiger charge is -2.05. The van der Waals surface area contributed by atoms with Gasteiger partial charge in [-0.25, -0.2) is 4.98 Å². The molecule has 112 valence electrons. The molecule has 0 bridgehead atoms. The predicted octanol–water partition coefficient (Wildman–Crippen LogP) is 2.75. The Morgan fingerprint density at radius 1 is 1.24 bits per heavy atom. The van der Waals surface area contributed by atoms with Crippen molar-refractivity contribution in [2.24, 2.45) is 0 Å². The molecule has 0 atom stereocenters. The Hall–Kier alpha value is -1.72. The molecule has 0 saturated heterocycles. The summed E-state index contributed by atoms with van der Waals surface area (Å²) in [6.07, 6.45) is 0. The molecule has 0 radical (unpaired) electrons. The minimum Gasteiger partial charge on any atom is -0.347 e. The van der Waals surface area contributed by atoms with Gasteiger partial charge in [0.05, 0.1) is 5.69 Å². The summed E-state index contributed by atoms with van der Waals surface area (Å²) in [5, 5.41) is 3.93. The zero-order valence-electron chi connectivity index (χ0n) is 12.9. The molecule has 1 amide bonds. The molecule has 0 aliphatic heterocycles. The van der Waals surface area contributed by atoms with Crippen molar-refractivity contribution in [3.8, 4) is 0 Å². The number of carbonyl (C=O) groups is 1. The maximum atomic E-state index is 12.3. The van der Waals surface area contributed by atoms with Crippen molar-refractivity contribution in [2.75, 3.05) is 14.1 Å². The minimum atomic E-state index is -0.0458. The van der Waals surface area contributed by atoms with Crippen LogP contribution in [0.4, 0.5) is 0 Å². The third-order valence-electron chi connectivity index (χ3n) is 3.07. The van der Waals surface area contributed by atoms with Gasteiger partial charge in [-0.3, -0.25) is 4.79 Å². The lowest BCUT2D eigenvalue weighted by atomic mass is 10.1. The Kier molecular flexibility index (Phi) is 5.09. The van der Waals surface area contributed by atoms with Gasteiger partial charge in [-0.1, -0.05) is 29.8 Å². The Labute approximate surface area is 129 Å². The van der Waals surface area contributed by atoms with Gasteiger partial charge in [0, 0.05) is 13.1 Å². The van der Waals surface area contributed by atoms with Gasteiger partial charge in [0.25, 0.3) is 5.91 Å². The van der Waals surface area contributed by atoms with E-state index in [1.54, 1.807) is 0 Å². The van der Waals surface area contributed by atoms with Crippen LogP contribution in [0.5, 0.6) is 0 Å². The SMILES string of the molecule is Cc1ccc(CNC(=O)c2sc(CN(C)C)nc2C)cc1. The zero-order valence-corrected chi connectivity index (χ0v) is 13.8. The zero-order chi connectivity index (χ0) is 15.4. The second kappa shape index (κ2) is 6.83. The van der Waals surface area contributed by atoms with Crippen LogP contribution < -0.4 is 5.32 Å². The first kappa shape index (κ1) is 15.7. The summed E-state index contributed by atoms with van der Waals surface area (Å²) in [6, 6.07) is 8.17. The van der Waals surface area contributed by atoms with Crippen molar-refractivity contribution >= 4 is 17.2 Å². The highest BCUT2D eigenvalue weighted by Gasteiger charge is 2.15. The number of nitrogens with one attached hydrogen (secondary N) is 1. The Morgan fingerprint density at radius 3 is 2.52 bits per heavy atom. The number of aromatic nitrogens is 1. The van der Waals surface area contributed by atoms with E-state index >= 15 is 0 Å². The van der Waals surface area contributed by atoms with E-state index in [4.69, 9.17) is 0 Å². The normalized spacial score (nSPS) is 10.9. The fourth-order valence-corrected chi connectivity index (χ4v) is 3.07. The standard InChI is InChI=1S/C16H21N3OS/c1-11-5-7-13(8-6-11)9-17-16(20)15-12(2)18-14(21-15)10-19(3)4/h5-8H,9-10H2,1-4H3,(H,17,20). The van der Waals surface area contributed by atoms with Gasteiger partial charge in [0.1, 0.15) is 9.88 Å². The number of benzene rings is 1. The van der Waals surface area contributed by atoms with Crippen LogP contribution in [0.25, 0.3) is 0 Å². The molecule has 4 nitrogen and oxygen atoms in total. The van der Waals surface area contributed by atoms with Crippen LogP contribution in [0.15, 0.2) is 24.3 Å². The van der Waals surface area contributed by atoms with Crippen LogP contribution in [0.2, 0.25) is 0 Å². The number of hydrogen-bond donors (Lipinski definition) is 1. The lowest BCUT2D eigenvalue weighted by molar-refractivity contribution is 0.0954. The van der Waals surface area contributed by atoms with Gasteiger partial charge in [-0.15, -0.1) is 11.3 Å². The molecular weight excluding hydrogens is 282 g/mol. The molecule has 0 aliphatic carbocycles. The number of carbonyl (C=O) groups excluding carboxylic acids is 1. The maximum Gasteiger partial charge on any atom is 0.263 e. The highest BCUT2D eigenvalue weighted by Crippen LogP contribution is 2.19. The Bertz CT molecular complexity index is 617. The van der Waals surface area contributed by atoms with Gasteiger partial charge >= 0.3 is 0 Å². The predicted molar refractivity (Wildman–Crippen MR) is 86.6 cm³/mol. The van der Waals surface area contributed by atoms with Crippen molar-refractivity contribution in [1.82, 2.24) is 15.2 Å². The first-order valence-corrected chi connectivity index (χ1v) is 7.72. The number of thiazole rings is 1. The first-order chi connectivity index (χ1) is 9.95. The van der Waals surface area contributed by atoms with Crippen LogP contribution in [-0.2, 0) is 13.1 Å². The molecule has 1 aromatic heterocycles. The van der Waals surface area contributed by atoms with Gasteiger partial charge in [-0.2, -0.15) is 0 Å². The van der Waals surface area contributed by atoms with E-state index in [9.17, 15) is 4.79 Å². The summed E-state index contributed by atoms with van der Waals surface area (Å²) >= 11 is 1.47. The summed E-state index contributed by atoms with van der Waals surface area (Å²) in [5.41, 5.74) is 3.12. The number of aryl methyl sites for hydroxylation is 2. The fourth-order valence-electron chi connectivity index (χ4n) is 1.97. The van der Waals surface area contributed by atoms with Crippen molar-refractivity contribution in [3.05, 3.63) is 51.0 Å². The third-order valence-corrected chi connectivity index (χ3v) is 4.21. The van der Waals surface area contributed by atoms with Crippen LogP contribution in [-0.4, -0.2) is 29.9 Å². The first-order valence-electron chi connectivity index (χ1n) is 6.90. The van der Waals surface area contributed by atoms with Gasteiger partial charge < -0.3 is 10.2 Å². The molecule has 1 N–H and O–H groups in total. The lowest BCUT2D eigenvalue weighted by Crippen LogP contribution is -2.22. The largest absolute Gasteiger partial charge is 0.347 e. The number of nitrogens with zero attached hydrogens (tertiary/aromatic N) is 2. The Morgan fingerprint density at radius 2 is 1.90 bits per heavy atom. The Balaban J connectivity index is 2.00. The molecule has 0 spiro atoms. The van der Waals surface area contributed by atoms with E-state index in [0.717, 1.165) is 22.8 Å². The van der Waals surface area contributed by atoms with E-state index in [0.29, 0.717) is 11.4 Å². The topological polar surface area (TPSA) is 45.2 Å². The average Bonchev–Trinajstić information content (AvgIpc) is 2.77. The van der Waals surface area contributed by atoms with Crippen LogP contribution in [0.3, 0.4) is 0 Å². The summed E-state index contributed by atoms with van der Waals surface area (Å²) in [4.78, 5) is 19.5. The van der Waals surface area contributed by atoms with Gasteiger partial charge in [0.2, 0.25) is 0 Å². The summed E-state index contributed by atoms with van der Waals surface area (Å²) in [6.45, 7) is 5.24. The van der Waals surface area contributed by atoms with Crippen LogP contribution in [0.1, 0.15) is 31.5 Å². The fraction of sp³-hybridized carbons (Fsp3) is 0.375. The van der Waals surface area contributed by atoms with Crippen molar-refractivity contribution in [3.63, 3.8) is 0 Å². The van der Waals surface area contributed by atoms with Crippen LogP contribution in [0, 0.1) is 13.8 Å². The van der Waals surface area contributed by atoms with E-state index in [1.165, 1.54) is 16.9 Å². The molecular formula is C16H21N3OS. The molecule has 0 unspecified atom stereocenters. The molecule has 0 saturated carbocycles. The number of amides is 1. The van der Waals surface area contributed by atoms with E-state index < -0.39 is 0 Å². The highest BCUT2D eigenvalue weighted by molar-refractivity contribution is 7.13. The average molecular weight is 303 g/mol. The molecule has 21 heavy (non-hydrogen) atoms. The smallest absolute Gasteiger partial charge is 0.263 e. The van der Waals surface area contributed by atoms with Crippen LogP contribution >= 0.6 is 11.3 Å². The van der Waals surface area contributed by atoms with Crippen molar-refractivity contribution < 1.29 is 4.79 Å². The van der Waals surface area contributed by atoms with Gasteiger partial charge in [0.15, 0.2) is 0 Å². The highest BCUT2D eigenvalue weighted by atomic mass is 32.1. The molecule has 5 heteroatoms. The van der Waals surface area contributed by atoms with E-state index in [-0.39, 0.29) is 5.91 Å². The minimum absolute atomic E-state index is 0.0458. The quantitative estimate of drug-likeness (QED) is 0.924. The number of hydrogen-bond acceptors (Lipinski definition) is 4. The number of rotatable bonds is 5. The molecule has 0 aliphatic rings. The third kappa shape index (κ3) is 4.37. The summed E-state index contributed by atoms with van der Waals surface area (Å²) in [5.74, 6) is -0.0458. The van der Waals surface area contributed by atoms with Crippen molar-refractivity contribution in [2.45, 2.75) is 26.9 Å². The summed E-state index contributed by atoms with van der Waals surface area (Å²) < 4.78 is 0. The summed E-state index contributed by atoms with van der Waals surface area (Å²) in [7, 11) is 3.99.